The standard InChI is InChI=1S/C12H15ClFNO2/c1-15(6-5-12(16)17-2)8-9-7-10(13)3-4-11(9)14/h3-4,7H,5-6,8H2,1-2H3. The maximum Gasteiger partial charge on any atom is 0.306 e. The zero-order valence-corrected chi connectivity index (χ0v) is 10.6. The lowest BCUT2D eigenvalue weighted by atomic mass is 10.2. The van der Waals surface area contributed by atoms with Gasteiger partial charge in [-0.05, 0) is 25.2 Å². The molecule has 0 amide bonds. The van der Waals surface area contributed by atoms with E-state index < -0.39 is 0 Å². The highest BCUT2D eigenvalue weighted by atomic mass is 35.5. The molecule has 0 N–H and O–H groups in total. The number of carbonyl (C=O) groups excluding carboxylic acids is 1. The molecule has 0 saturated carbocycles. The third-order valence-corrected chi connectivity index (χ3v) is 2.61. The Morgan fingerprint density at radius 3 is 2.88 bits per heavy atom. The van der Waals surface area contributed by atoms with Crippen molar-refractivity contribution in [3.63, 3.8) is 0 Å². The van der Waals surface area contributed by atoms with Crippen LogP contribution in [0, 0.1) is 5.82 Å². The average Bonchev–Trinajstić information content (AvgIpc) is 2.30. The highest BCUT2D eigenvalue weighted by Crippen LogP contribution is 2.16. The summed E-state index contributed by atoms with van der Waals surface area (Å²) >= 11 is 5.79. The quantitative estimate of drug-likeness (QED) is 0.761. The molecule has 0 atom stereocenters. The molecule has 0 unspecified atom stereocenters. The molecule has 1 aromatic carbocycles. The third-order valence-electron chi connectivity index (χ3n) is 2.37. The van der Waals surface area contributed by atoms with Crippen molar-refractivity contribution in [2.75, 3.05) is 20.7 Å². The van der Waals surface area contributed by atoms with Crippen LogP contribution in [0.15, 0.2) is 18.2 Å². The zero-order valence-electron chi connectivity index (χ0n) is 9.87. The van der Waals surface area contributed by atoms with Gasteiger partial charge < -0.3 is 9.64 Å². The molecule has 5 heteroatoms. The SMILES string of the molecule is COC(=O)CCN(C)Cc1cc(Cl)ccc1F. The Labute approximate surface area is 105 Å². The van der Waals surface area contributed by atoms with Crippen LogP contribution < -0.4 is 0 Å². The van der Waals surface area contributed by atoms with Crippen LogP contribution in [0.3, 0.4) is 0 Å². The van der Waals surface area contributed by atoms with Crippen LogP contribution in [0.2, 0.25) is 5.02 Å². The minimum absolute atomic E-state index is 0.275. The molecular formula is C12H15ClFNO2. The average molecular weight is 260 g/mol. The summed E-state index contributed by atoms with van der Waals surface area (Å²) in [7, 11) is 3.16. The lowest BCUT2D eigenvalue weighted by molar-refractivity contribution is -0.140. The predicted molar refractivity (Wildman–Crippen MR) is 64.4 cm³/mol. The first-order valence-corrected chi connectivity index (χ1v) is 5.60. The van der Waals surface area contributed by atoms with Gasteiger partial charge in [-0.2, -0.15) is 0 Å². The Morgan fingerprint density at radius 2 is 2.24 bits per heavy atom. The normalized spacial score (nSPS) is 10.6. The van der Waals surface area contributed by atoms with E-state index in [4.69, 9.17) is 11.6 Å². The first-order chi connectivity index (χ1) is 8.02. The van der Waals surface area contributed by atoms with Crippen LogP contribution in [0.4, 0.5) is 4.39 Å². The largest absolute Gasteiger partial charge is 0.469 e. The molecule has 0 saturated heterocycles. The lowest BCUT2D eigenvalue weighted by Gasteiger charge is -2.16. The molecule has 17 heavy (non-hydrogen) atoms. The Bertz CT molecular complexity index is 398. The van der Waals surface area contributed by atoms with Crippen molar-refractivity contribution in [1.82, 2.24) is 4.90 Å². The molecule has 0 aromatic heterocycles. The number of nitrogens with zero attached hydrogens (tertiary/aromatic N) is 1. The van der Waals surface area contributed by atoms with Gasteiger partial charge in [-0.15, -0.1) is 0 Å². The van der Waals surface area contributed by atoms with Crippen LogP contribution in [-0.4, -0.2) is 31.6 Å². The first-order valence-electron chi connectivity index (χ1n) is 5.22. The van der Waals surface area contributed by atoms with Gasteiger partial charge in [-0.1, -0.05) is 11.6 Å². The van der Waals surface area contributed by atoms with Gasteiger partial charge in [0, 0.05) is 23.7 Å². The third kappa shape index (κ3) is 4.71. The summed E-state index contributed by atoms with van der Waals surface area (Å²) in [6.45, 7) is 0.919. The van der Waals surface area contributed by atoms with Gasteiger partial charge in [0.2, 0.25) is 0 Å². The minimum atomic E-state index is -0.292. The Kier molecular flexibility index (Phi) is 5.38. The van der Waals surface area contributed by atoms with Crippen LogP contribution in [0.25, 0.3) is 0 Å². The molecule has 0 bridgehead atoms. The number of methoxy groups -OCH3 is 1. The topological polar surface area (TPSA) is 29.5 Å². The van der Waals surface area contributed by atoms with Gasteiger partial charge in [0.25, 0.3) is 0 Å². The summed E-state index contributed by atoms with van der Waals surface area (Å²) < 4.78 is 18.0. The van der Waals surface area contributed by atoms with Crippen molar-refractivity contribution in [2.45, 2.75) is 13.0 Å². The van der Waals surface area contributed by atoms with Crippen LogP contribution in [0.5, 0.6) is 0 Å². The summed E-state index contributed by atoms with van der Waals surface area (Å²) in [5.74, 6) is -0.567. The van der Waals surface area contributed by atoms with E-state index in [1.165, 1.54) is 19.2 Å². The number of carbonyl (C=O) groups is 1. The number of rotatable bonds is 5. The van der Waals surface area contributed by atoms with Gasteiger partial charge in [0.15, 0.2) is 0 Å². The van der Waals surface area contributed by atoms with Crippen LogP contribution in [0.1, 0.15) is 12.0 Å². The molecule has 1 rings (SSSR count). The van der Waals surface area contributed by atoms with Crippen molar-refractivity contribution in [3.05, 3.63) is 34.6 Å². The molecule has 0 heterocycles. The second-order valence-electron chi connectivity index (χ2n) is 3.80. The second kappa shape index (κ2) is 6.57. The summed E-state index contributed by atoms with van der Waals surface area (Å²) in [4.78, 5) is 12.8. The van der Waals surface area contributed by atoms with E-state index in [9.17, 15) is 9.18 Å². The second-order valence-corrected chi connectivity index (χ2v) is 4.24. The monoisotopic (exact) mass is 259 g/mol. The van der Waals surface area contributed by atoms with E-state index in [1.54, 1.807) is 6.07 Å². The van der Waals surface area contributed by atoms with E-state index >= 15 is 0 Å². The fourth-order valence-electron chi connectivity index (χ4n) is 1.42. The molecular weight excluding hydrogens is 245 g/mol. The highest BCUT2D eigenvalue weighted by molar-refractivity contribution is 6.30. The van der Waals surface area contributed by atoms with E-state index in [2.05, 4.69) is 4.74 Å². The van der Waals surface area contributed by atoms with Gasteiger partial charge in [-0.25, -0.2) is 4.39 Å². The number of hydrogen-bond donors (Lipinski definition) is 0. The molecule has 0 radical (unpaired) electrons. The first kappa shape index (κ1) is 13.9. The van der Waals surface area contributed by atoms with Gasteiger partial charge in [0.05, 0.1) is 13.5 Å². The van der Waals surface area contributed by atoms with Crippen molar-refractivity contribution in [1.29, 1.82) is 0 Å². The lowest BCUT2D eigenvalue weighted by Crippen LogP contribution is -2.22. The molecule has 0 spiro atoms. The highest BCUT2D eigenvalue weighted by Gasteiger charge is 2.08. The molecule has 0 fully saturated rings. The fraction of sp³-hybridized carbons (Fsp3) is 0.417. The Hall–Kier alpha value is -1.13. The predicted octanol–water partition coefficient (Wildman–Crippen LogP) is 2.47. The van der Waals surface area contributed by atoms with Crippen LogP contribution >= 0.6 is 11.6 Å². The Balaban J connectivity index is 2.52. The zero-order chi connectivity index (χ0) is 12.8. The maximum atomic E-state index is 13.4. The van der Waals surface area contributed by atoms with Crippen molar-refractivity contribution in [3.8, 4) is 0 Å². The fourth-order valence-corrected chi connectivity index (χ4v) is 1.61. The molecule has 1 aromatic rings. The minimum Gasteiger partial charge on any atom is -0.469 e. The molecule has 0 aliphatic carbocycles. The molecule has 0 aliphatic rings. The Morgan fingerprint density at radius 1 is 1.53 bits per heavy atom. The van der Waals surface area contributed by atoms with E-state index in [1.807, 2.05) is 11.9 Å². The summed E-state index contributed by atoms with van der Waals surface area (Å²) in [6.07, 6.45) is 0.287. The molecule has 94 valence electrons. The number of esters is 1. The summed E-state index contributed by atoms with van der Waals surface area (Å²) in [6, 6.07) is 4.44. The van der Waals surface area contributed by atoms with Crippen molar-refractivity contribution >= 4 is 17.6 Å². The van der Waals surface area contributed by atoms with Gasteiger partial charge in [-0.3, -0.25) is 4.79 Å². The molecule has 0 aliphatic heterocycles. The van der Waals surface area contributed by atoms with Crippen molar-refractivity contribution < 1.29 is 13.9 Å². The summed E-state index contributed by atoms with van der Waals surface area (Å²) in [5.41, 5.74) is 0.518. The number of ether oxygens (including phenoxy) is 1. The smallest absolute Gasteiger partial charge is 0.306 e. The molecule has 3 nitrogen and oxygen atoms in total. The van der Waals surface area contributed by atoms with E-state index in [0.29, 0.717) is 23.7 Å². The van der Waals surface area contributed by atoms with Gasteiger partial charge in [0.1, 0.15) is 5.82 Å². The number of benzene rings is 1. The van der Waals surface area contributed by atoms with Crippen LogP contribution in [-0.2, 0) is 16.1 Å². The number of hydrogen-bond acceptors (Lipinski definition) is 3. The van der Waals surface area contributed by atoms with Gasteiger partial charge >= 0.3 is 5.97 Å². The summed E-state index contributed by atoms with van der Waals surface area (Å²) in [5, 5.41) is 0.503. The van der Waals surface area contributed by atoms with E-state index in [0.717, 1.165) is 0 Å². The maximum absolute atomic E-state index is 13.4. The van der Waals surface area contributed by atoms with E-state index in [-0.39, 0.29) is 18.2 Å². The number of halogens is 2. The van der Waals surface area contributed by atoms with Crippen molar-refractivity contribution in [2.24, 2.45) is 0 Å².